The predicted molar refractivity (Wildman–Crippen MR) is 152 cm³/mol. The Hall–Kier alpha value is -4.62. The monoisotopic (exact) mass is 540 g/mol. The molecule has 1 heterocycles. The number of ether oxygens (including phenoxy) is 7. The molecule has 0 saturated heterocycles. The molecule has 0 radical (unpaired) electrons. The van der Waals surface area contributed by atoms with Crippen LogP contribution in [0.2, 0.25) is 0 Å². The fourth-order valence-corrected chi connectivity index (χ4v) is 4.74. The van der Waals surface area contributed by atoms with Gasteiger partial charge in [0.25, 0.3) is 5.79 Å². The zero-order chi connectivity index (χ0) is 28.1. The van der Waals surface area contributed by atoms with Gasteiger partial charge in [-0.25, -0.2) is 0 Å². The topological polar surface area (TPSA) is 64.6 Å². The highest BCUT2D eigenvalue weighted by atomic mass is 16.7. The SMILES string of the molecule is COc1ccc(C2=C(c3ccc(OC)cc3)OC(OC)(c3ccc(OC)cc3)C(c3ccc(OC)cc3)O2)cc1. The van der Waals surface area contributed by atoms with Crippen molar-refractivity contribution in [2.45, 2.75) is 11.9 Å². The summed E-state index contributed by atoms with van der Waals surface area (Å²) >= 11 is 0. The standard InChI is InChI=1S/C33H32O7/c1-34-26-14-6-22(7-15-26)30-31(23-8-16-27(35-2)17-9-23)40-33(38-5,25-12-20-29(37-4)21-13-25)32(39-30)24-10-18-28(36-3)19-11-24/h6-21,32H,1-5H3. The van der Waals surface area contributed by atoms with Gasteiger partial charge < -0.3 is 33.2 Å². The number of benzene rings is 4. The molecule has 1 aliphatic heterocycles. The van der Waals surface area contributed by atoms with Gasteiger partial charge in [-0.1, -0.05) is 12.1 Å². The highest BCUT2D eigenvalue weighted by Gasteiger charge is 2.51. The van der Waals surface area contributed by atoms with Gasteiger partial charge in [0.2, 0.25) is 0 Å². The summed E-state index contributed by atoms with van der Waals surface area (Å²) in [6.45, 7) is 0. The largest absolute Gasteiger partial charge is 0.497 e. The van der Waals surface area contributed by atoms with Crippen LogP contribution in [-0.2, 0) is 20.0 Å². The summed E-state index contributed by atoms with van der Waals surface area (Å²) in [4.78, 5) is 0. The van der Waals surface area contributed by atoms with Crippen LogP contribution < -0.4 is 18.9 Å². The minimum absolute atomic E-state index is 0.523. The minimum atomic E-state index is -1.34. The fraction of sp³-hybridized carbons (Fsp3) is 0.212. The van der Waals surface area contributed by atoms with Gasteiger partial charge in [-0.3, -0.25) is 0 Å². The third-order valence-corrected chi connectivity index (χ3v) is 6.96. The van der Waals surface area contributed by atoms with Crippen LogP contribution in [0.3, 0.4) is 0 Å². The smallest absolute Gasteiger partial charge is 0.279 e. The van der Waals surface area contributed by atoms with Crippen LogP contribution in [-0.4, -0.2) is 35.5 Å². The third-order valence-electron chi connectivity index (χ3n) is 6.96. The Labute approximate surface area is 234 Å². The lowest BCUT2D eigenvalue weighted by Crippen LogP contribution is -2.42. The summed E-state index contributed by atoms with van der Waals surface area (Å²) in [7, 11) is 8.16. The first kappa shape index (κ1) is 27.0. The molecule has 5 rings (SSSR count). The minimum Gasteiger partial charge on any atom is -0.497 e. The molecule has 0 saturated carbocycles. The summed E-state index contributed by atoms with van der Waals surface area (Å²) in [5, 5.41) is 0. The average Bonchev–Trinajstić information content (AvgIpc) is 3.04. The highest BCUT2D eigenvalue weighted by Crippen LogP contribution is 2.52. The van der Waals surface area contributed by atoms with Crippen molar-refractivity contribution < 1.29 is 33.2 Å². The predicted octanol–water partition coefficient (Wildman–Crippen LogP) is 6.83. The Morgan fingerprint density at radius 3 is 1.32 bits per heavy atom. The second kappa shape index (κ2) is 11.6. The summed E-state index contributed by atoms with van der Waals surface area (Å²) in [5.41, 5.74) is 3.23. The van der Waals surface area contributed by atoms with E-state index in [2.05, 4.69) is 0 Å². The Bertz CT molecular complexity index is 1440. The van der Waals surface area contributed by atoms with Crippen LogP contribution >= 0.6 is 0 Å². The van der Waals surface area contributed by atoms with Crippen LogP contribution in [0.25, 0.3) is 11.5 Å². The third kappa shape index (κ3) is 5.03. The molecule has 2 atom stereocenters. The maximum absolute atomic E-state index is 6.98. The molecule has 4 aromatic carbocycles. The van der Waals surface area contributed by atoms with Crippen molar-refractivity contribution in [2.75, 3.05) is 35.5 Å². The van der Waals surface area contributed by atoms with E-state index < -0.39 is 11.9 Å². The molecule has 0 amide bonds. The van der Waals surface area contributed by atoms with Gasteiger partial charge >= 0.3 is 0 Å². The first-order valence-electron chi connectivity index (χ1n) is 12.8. The quantitative estimate of drug-likeness (QED) is 0.230. The molecule has 4 aromatic rings. The molecule has 0 fully saturated rings. The Morgan fingerprint density at radius 1 is 0.500 bits per heavy atom. The zero-order valence-corrected chi connectivity index (χ0v) is 23.2. The lowest BCUT2D eigenvalue weighted by Gasteiger charge is -2.44. The van der Waals surface area contributed by atoms with E-state index in [0.717, 1.165) is 45.3 Å². The second-order valence-electron chi connectivity index (χ2n) is 9.09. The molecule has 0 bridgehead atoms. The van der Waals surface area contributed by atoms with Crippen LogP contribution in [0.15, 0.2) is 97.1 Å². The fourth-order valence-electron chi connectivity index (χ4n) is 4.74. The summed E-state index contributed by atoms with van der Waals surface area (Å²) < 4.78 is 41.8. The van der Waals surface area contributed by atoms with Gasteiger partial charge in [0.05, 0.1) is 28.4 Å². The van der Waals surface area contributed by atoms with Gasteiger partial charge in [-0.05, 0) is 90.5 Å². The molecule has 7 heteroatoms. The van der Waals surface area contributed by atoms with Crippen molar-refractivity contribution in [3.05, 3.63) is 119 Å². The Morgan fingerprint density at radius 2 is 0.900 bits per heavy atom. The number of hydrogen-bond acceptors (Lipinski definition) is 7. The van der Waals surface area contributed by atoms with E-state index in [9.17, 15) is 0 Å². The first-order valence-corrected chi connectivity index (χ1v) is 12.8. The number of methoxy groups -OCH3 is 5. The van der Waals surface area contributed by atoms with Crippen molar-refractivity contribution in [2.24, 2.45) is 0 Å². The molecule has 0 N–H and O–H groups in total. The maximum Gasteiger partial charge on any atom is 0.279 e. The molecule has 0 spiro atoms. The van der Waals surface area contributed by atoms with E-state index in [1.165, 1.54) is 0 Å². The summed E-state index contributed by atoms with van der Waals surface area (Å²) in [6.07, 6.45) is -0.684. The molecular formula is C33H32O7. The molecule has 0 aliphatic carbocycles. The lowest BCUT2D eigenvalue weighted by molar-refractivity contribution is -0.260. The van der Waals surface area contributed by atoms with E-state index in [4.69, 9.17) is 33.2 Å². The van der Waals surface area contributed by atoms with Gasteiger partial charge in [-0.15, -0.1) is 0 Å². The van der Waals surface area contributed by atoms with E-state index in [-0.39, 0.29) is 0 Å². The molecule has 2 unspecified atom stereocenters. The van der Waals surface area contributed by atoms with Gasteiger partial charge in [0.1, 0.15) is 23.0 Å². The van der Waals surface area contributed by atoms with Gasteiger partial charge in [0, 0.05) is 23.8 Å². The van der Waals surface area contributed by atoms with Crippen LogP contribution in [0.4, 0.5) is 0 Å². The molecule has 206 valence electrons. The van der Waals surface area contributed by atoms with Gasteiger partial charge in [0.15, 0.2) is 17.6 Å². The second-order valence-corrected chi connectivity index (χ2v) is 9.09. The highest BCUT2D eigenvalue weighted by molar-refractivity contribution is 5.85. The van der Waals surface area contributed by atoms with Gasteiger partial charge in [-0.2, -0.15) is 0 Å². The van der Waals surface area contributed by atoms with E-state index in [1.54, 1.807) is 35.5 Å². The van der Waals surface area contributed by atoms with E-state index >= 15 is 0 Å². The molecule has 40 heavy (non-hydrogen) atoms. The number of rotatable bonds is 9. The molecule has 1 aliphatic rings. The van der Waals surface area contributed by atoms with Crippen molar-refractivity contribution in [3.63, 3.8) is 0 Å². The first-order chi connectivity index (χ1) is 19.5. The maximum atomic E-state index is 6.98. The van der Waals surface area contributed by atoms with Crippen LogP contribution in [0.1, 0.15) is 28.4 Å². The van der Waals surface area contributed by atoms with Crippen molar-refractivity contribution in [1.29, 1.82) is 0 Å². The number of hydrogen-bond donors (Lipinski definition) is 0. The molecular weight excluding hydrogens is 508 g/mol. The van der Waals surface area contributed by atoms with E-state index in [0.29, 0.717) is 11.5 Å². The Balaban J connectivity index is 1.74. The molecule has 0 aromatic heterocycles. The van der Waals surface area contributed by atoms with Crippen LogP contribution in [0, 0.1) is 0 Å². The lowest BCUT2D eigenvalue weighted by atomic mass is 9.91. The Kier molecular flexibility index (Phi) is 7.84. The van der Waals surface area contributed by atoms with Crippen LogP contribution in [0.5, 0.6) is 23.0 Å². The van der Waals surface area contributed by atoms with E-state index in [1.807, 2.05) is 97.1 Å². The van der Waals surface area contributed by atoms with Crippen molar-refractivity contribution >= 4 is 11.5 Å². The molecule has 7 nitrogen and oxygen atoms in total. The van der Waals surface area contributed by atoms with Crippen molar-refractivity contribution in [3.8, 4) is 23.0 Å². The average molecular weight is 541 g/mol. The summed E-state index contributed by atoms with van der Waals surface area (Å²) in [6, 6.07) is 30.6. The normalized spacial score (nSPS) is 18.4. The van der Waals surface area contributed by atoms with Crippen molar-refractivity contribution in [1.82, 2.24) is 0 Å². The zero-order valence-electron chi connectivity index (χ0n) is 23.2. The summed E-state index contributed by atoms with van der Waals surface area (Å²) in [5.74, 6) is 2.67.